The van der Waals surface area contributed by atoms with Gasteiger partial charge in [0.25, 0.3) is 0 Å². The molecular formula is C15H15Cl2NO. The fourth-order valence-corrected chi connectivity index (χ4v) is 2.13. The van der Waals surface area contributed by atoms with E-state index in [1.165, 1.54) is 0 Å². The van der Waals surface area contributed by atoms with Gasteiger partial charge < -0.3 is 10.4 Å². The van der Waals surface area contributed by atoms with Gasteiger partial charge >= 0.3 is 0 Å². The lowest BCUT2D eigenvalue weighted by Gasteiger charge is -2.15. The molecule has 1 atom stereocenters. The molecule has 2 aromatic rings. The summed E-state index contributed by atoms with van der Waals surface area (Å²) in [5.74, 6) is 0.302. The molecule has 0 heterocycles. The largest absolute Gasteiger partial charge is 0.508 e. The molecule has 2 rings (SSSR count). The summed E-state index contributed by atoms with van der Waals surface area (Å²) >= 11 is 11.9. The molecule has 0 saturated carbocycles. The number of hydrogen-bond acceptors (Lipinski definition) is 2. The third-order valence-corrected chi connectivity index (χ3v) is 3.77. The van der Waals surface area contributed by atoms with Gasteiger partial charge in [-0.15, -0.1) is 0 Å². The van der Waals surface area contributed by atoms with Crippen molar-refractivity contribution in [3.05, 3.63) is 63.6 Å². The Morgan fingerprint density at radius 1 is 1.11 bits per heavy atom. The maximum Gasteiger partial charge on any atom is 0.120 e. The zero-order valence-corrected chi connectivity index (χ0v) is 12.0. The molecule has 0 aliphatic rings. The zero-order valence-electron chi connectivity index (χ0n) is 10.5. The van der Waals surface area contributed by atoms with Crippen LogP contribution in [0.2, 0.25) is 10.0 Å². The summed E-state index contributed by atoms with van der Waals surface area (Å²) in [5.41, 5.74) is 1.93. The molecule has 0 aliphatic heterocycles. The van der Waals surface area contributed by atoms with Crippen molar-refractivity contribution >= 4 is 23.2 Å². The molecule has 2 nitrogen and oxygen atoms in total. The van der Waals surface area contributed by atoms with Crippen molar-refractivity contribution in [2.75, 3.05) is 0 Å². The molecular weight excluding hydrogens is 281 g/mol. The molecule has 0 aromatic heterocycles. The third-order valence-electron chi connectivity index (χ3n) is 3.03. The summed E-state index contributed by atoms with van der Waals surface area (Å²) < 4.78 is 0. The highest BCUT2D eigenvalue weighted by Gasteiger charge is 2.08. The average Bonchev–Trinajstić information content (AvgIpc) is 2.40. The predicted molar refractivity (Wildman–Crippen MR) is 79.8 cm³/mol. The Hall–Kier alpha value is -1.22. The van der Waals surface area contributed by atoms with Crippen LogP contribution in [0.25, 0.3) is 0 Å². The quantitative estimate of drug-likeness (QED) is 0.867. The molecule has 0 radical (unpaired) electrons. The smallest absolute Gasteiger partial charge is 0.120 e. The molecule has 2 aromatic carbocycles. The Balaban J connectivity index is 2.03. The van der Waals surface area contributed by atoms with Crippen LogP contribution in [0.15, 0.2) is 42.5 Å². The predicted octanol–water partition coefficient (Wildman–Crippen LogP) is 4.55. The van der Waals surface area contributed by atoms with Gasteiger partial charge in [0, 0.05) is 18.2 Å². The molecule has 0 aliphatic carbocycles. The first-order valence-electron chi connectivity index (χ1n) is 6.03. The minimum atomic E-state index is 0.120. The number of aromatic hydroxyl groups is 1. The number of phenolic OH excluding ortho intramolecular Hbond substituents is 1. The van der Waals surface area contributed by atoms with Crippen LogP contribution in [0.3, 0.4) is 0 Å². The highest BCUT2D eigenvalue weighted by atomic mass is 35.5. The van der Waals surface area contributed by atoms with Crippen LogP contribution in [0.5, 0.6) is 5.75 Å². The number of halogens is 2. The molecule has 0 spiro atoms. The van der Waals surface area contributed by atoms with E-state index in [0.29, 0.717) is 22.3 Å². The summed E-state index contributed by atoms with van der Waals surface area (Å²) in [6.07, 6.45) is 0. The van der Waals surface area contributed by atoms with Crippen molar-refractivity contribution in [3.63, 3.8) is 0 Å². The molecule has 4 heteroatoms. The van der Waals surface area contributed by atoms with Gasteiger partial charge in [-0.3, -0.25) is 0 Å². The topological polar surface area (TPSA) is 32.3 Å². The van der Waals surface area contributed by atoms with E-state index >= 15 is 0 Å². The van der Waals surface area contributed by atoms with Gasteiger partial charge in [0.2, 0.25) is 0 Å². The highest BCUT2D eigenvalue weighted by molar-refractivity contribution is 6.42. The number of rotatable bonds is 4. The van der Waals surface area contributed by atoms with Gasteiger partial charge in [0.15, 0.2) is 0 Å². The summed E-state index contributed by atoms with van der Waals surface area (Å²) in [6.45, 7) is 2.63. The Morgan fingerprint density at radius 2 is 1.84 bits per heavy atom. The van der Waals surface area contributed by atoms with E-state index in [1.54, 1.807) is 18.2 Å². The SMILES string of the molecule is CC(NCc1ccccc1O)c1ccc(Cl)c(Cl)c1. The highest BCUT2D eigenvalue weighted by Crippen LogP contribution is 2.26. The van der Waals surface area contributed by atoms with Gasteiger partial charge in [0.05, 0.1) is 10.0 Å². The molecule has 2 N–H and O–H groups in total. The van der Waals surface area contributed by atoms with Crippen molar-refractivity contribution < 1.29 is 5.11 Å². The van der Waals surface area contributed by atoms with E-state index in [4.69, 9.17) is 23.2 Å². The fraction of sp³-hybridized carbons (Fsp3) is 0.200. The van der Waals surface area contributed by atoms with Gasteiger partial charge in [-0.2, -0.15) is 0 Å². The van der Waals surface area contributed by atoms with Crippen LogP contribution in [0.4, 0.5) is 0 Å². The van der Waals surface area contributed by atoms with Crippen LogP contribution in [0.1, 0.15) is 24.1 Å². The molecule has 0 bridgehead atoms. The minimum absolute atomic E-state index is 0.120. The molecule has 0 amide bonds. The molecule has 0 fully saturated rings. The lowest BCUT2D eigenvalue weighted by molar-refractivity contribution is 0.460. The van der Waals surface area contributed by atoms with E-state index in [-0.39, 0.29) is 6.04 Å². The van der Waals surface area contributed by atoms with E-state index in [9.17, 15) is 5.11 Å². The van der Waals surface area contributed by atoms with E-state index in [0.717, 1.165) is 11.1 Å². The van der Waals surface area contributed by atoms with E-state index < -0.39 is 0 Å². The lowest BCUT2D eigenvalue weighted by atomic mass is 10.1. The van der Waals surface area contributed by atoms with Crippen LogP contribution in [0, 0.1) is 0 Å². The van der Waals surface area contributed by atoms with Crippen LogP contribution >= 0.6 is 23.2 Å². The molecule has 1 unspecified atom stereocenters. The van der Waals surface area contributed by atoms with Gasteiger partial charge in [-0.05, 0) is 30.7 Å². The molecule has 100 valence electrons. The number of nitrogens with one attached hydrogen (secondary N) is 1. The van der Waals surface area contributed by atoms with Gasteiger partial charge in [0.1, 0.15) is 5.75 Å². The first-order chi connectivity index (χ1) is 9.08. The van der Waals surface area contributed by atoms with E-state index in [1.807, 2.05) is 31.2 Å². The maximum absolute atomic E-state index is 9.70. The van der Waals surface area contributed by atoms with Crippen LogP contribution in [-0.2, 0) is 6.54 Å². The maximum atomic E-state index is 9.70. The summed E-state index contributed by atoms with van der Waals surface area (Å²) in [7, 11) is 0. The number of benzene rings is 2. The second kappa shape index (κ2) is 6.29. The Kier molecular flexibility index (Phi) is 4.70. The number of hydrogen-bond donors (Lipinski definition) is 2. The molecule has 19 heavy (non-hydrogen) atoms. The van der Waals surface area contributed by atoms with E-state index in [2.05, 4.69) is 5.32 Å². The Bertz CT molecular complexity index is 572. The van der Waals surface area contributed by atoms with Crippen LogP contribution < -0.4 is 5.32 Å². The second-order valence-electron chi connectivity index (χ2n) is 4.40. The Labute approximate surface area is 123 Å². The van der Waals surface area contributed by atoms with Crippen LogP contribution in [-0.4, -0.2) is 5.11 Å². The van der Waals surface area contributed by atoms with Crippen molar-refractivity contribution in [2.24, 2.45) is 0 Å². The zero-order chi connectivity index (χ0) is 13.8. The minimum Gasteiger partial charge on any atom is -0.508 e. The summed E-state index contributed by atoms with van der Waals surface area (Å²) in [5, 5.41) is 14.1. The van der Waals surface area contributed by atoms with Crippen molar-refractivity contribution in [3.8, 4) is 5.75 Å². The lowest BCUT2D eigenvalue weighted by Crippen LogP contribution is -2.18. The van der Waals surface area contributed by atoms with Crippen molar-refractivity contribution in [1.82, 2.24) is 5.32 Å². The van der Waals surface area contributed by atoms with Crippen molar-refractivity contribution in [1.29, 1.82) is 0 Å². The van der Waals surface area contributed by atoms with Gasteiger partial charge in [-0.25, -0.2) is 0 Å². The first kappa shape index (κ1) is 14.2. The summed E-state index contributed by atoms with van der Waals surface area (Å²) in [4.78, 5) is 0. The van der Waals surface area contributed by atoms with Crippen molar-refractivity contribution in [2.45, 2.75) is 19.5 Å². The standard InChI is InChI=1S/C15H15Cl2NO/c1-10(11-6-7-13(16)14(17)8-11)18-9-12-4-2-3-5-15(12)19/h2-8,10,18-19H,9H2,1H3. The van der Waals surface area contributed by atoms with Gasteiger partial charge in [-0.1, -0.05) is 47.5 Å². The first-order valence-corrected chi connectivity index (χ1v) is 6.78. The third kappa shape index (κ3) is 3.63. The summed E-state index contributed by atoms with van der Waals surface area (Å²) in [6, 6.07) is 13.0. The number of phenols is 1. The Morgan fingerprint density at radius 3 is 2.53 bits per heavy atom. The average molecular weight is 296 g/mol. The monoisotopic (exact) mass is 295 g/mol. The fourth-order valence-electron chi connectivity index (χ4n) is 1.82. The normalized spacial score (nSPS) is 12.4. The second-order valence-corrected chi connectivity index (χ2v) is 5.22. The molecule has 0 saturated heterocycles. The number of para-hydroxylation sites is 1.